The molecule has 6 heterocycles. The van der Waals surface area contributed by atoms with Crippen LogP contribution in [-0.4, -0.2) is 278 Å². The number of aromatic nitrogens is 1. The predicted octanol–water partition coefficient (Wildman–Crippen LogP) is -4.88. The number of carboxylic acid groups (broad SMARTS) is 1. The highest BCUT2D eigenvalue weighted by molar-refractivity contribution is 6.62. The molecule has 2 aromatic carbocycles. The Hall–Kier alpha value is -8.15. The molecule has 5 aliphatic rings. The second kappa shape index (κ2) is 41.6. The minimum Gasteiger partial charge on any atom is -0.480 e. The zero-order valence-corrected chi connectivity index (χ0v) is 64.3. The molecule has 0 aliphatic carbocycles. The maximum atomic E-state index is 14.9. The number of carbonyl (C=O) groups is 10. The second-order valence-corrected chi connectivity index (χ2v) is 34.1. The molecule has 4 bridgehead atoms. The number of hydrogen-bond acceptors (Lipinski definition) is 28. The summed E-state index contributed by atoms with van der Waals surface area (Å²) in [7, 11) is -9.46. The fourth-order valence-corrected chi connectivity index (χ4v) is 20.9. The van der Waals surface area contributed by atoms with Crippen molar-refractivity contribution in [3.63, 3.8) is 0 Å². The third kappa shape index (κ3) is 23.7. The Bertz CT molecular complexity index is 3670. The molecule has 0 radical (unpaired) electrons. The number of aliphatic hydroxyl groups excluding tert-OH is 5. The van der Waals surface area contributed by atoms with Crippen LogP contribution in [0, 0.1) is 17.8 Å². The van der Waals surface area contributed by atoms with Crippen molar-refractivity contribution >= 4 is 113 Å². The molecule has 22 N–H and O–H groups in total. The first kappa shape index (κ1) is 88.4. The number of hydrazine groups is 1. The van der Waals surface area contributed by atoms with Crippen LogP contribution < -0.4 is 60.1 Å². The molecule has 20 atom stereocenters. The molecule has 5 saturated heterocycles. The number of H-pyrrole nitrogens is 1. The Balaban J connectivity index is 0.896. The molecule has 3 aromatic rings. The van der Waals surface area contributed by atoms with E-state index >= 15 is 0 Å². The number of ether oxygens (including phenoxy) is 2. The Morgan fingerprint density at radius 3 is 1.77 bits per heavy atom. The predicted molar refractivity (Wildman–Crippen MR) is 397 cm³/mol. The number of aromatic amines is 1. The van der Waals surface area contributed by atoms with Crippen LogP contribution in [0.3, 0.4) is 0 Å². The minimum absolute atomic E-state index is 0.0265. The number of amides is 7. The summed E-state index contributed by atoms with van der Waals surface area (Å²) in [5, 5.41) is 99.6. The van der Waals surface area contributed by atoms with Gasteiger partial charge in [-0.2, -0.15) is 0 Å². The molecule has 15 unspecified atom stereocenters. The lowest BCUT2D eigenvalue weighted by molar-refractivity contribution is -0.149. The number of carbonyl (C=O) groups excluding carboxylic acids is 9. The van der Waals surface area contributed by atoms with E-state index in [0.717, 1.165) is 0 Å². The fraction of sp³-hybridized carbons (Fsp3) is 0.638. The average Bonchev–Trinajstić information content (AvgIpc) is 1.57. The van der Waals surface area contributed by atoms with Crippen molar-refractivity contribution in [3.8, 4) is 0 Å². The maximum Gasteiger partial charge on any atom is 0.502 e. The lowest BCUT2D eigenvalue weighted by Crippen LogP contribution is -2.61. The maximum absolute atomic E-state index is 14.9. The van der Waals surface area contributed by atoms with E-state index in [-0.39, 0.29) is 133 Å². The number of hydrogen-bond donors (Lipinski definition) is 19. The number of unbranched alkanes of at least 4 members (excludes halogenated alkanes) is 1. The molecule has 5 aliphatic heterocycles. The molecule has 5 fully saturated rings. The van der Waals surface area contributed by atoms with Gasteiger partial charge in [0.05, 0.1) is 30.7 Å². The SMILES string of the molecule is CC(C)C[C@H](NC(=O)[C@@H]1CCCN1C(=O)[C@H](CCCCN)NC(=O)C(Cc1c[nH]c2ccccc12)NC(=O)[C@H](CO)NNC(=O)C(CCC[Si]12OC(C(C)O)C(O1)C(C(O)C(O)C1O[Si]3(CCCC(COC=O)C(=O)Nc4ccc(B(O)O)cc4)OC(C(C)O)C1O3)O2)COC=O)C(=O)N[C@@H](CCCN=C(N)N)C(=O)O. The van der Waals surface area contributed by atoms with Crippen molar-refractivity contribution in [1.29, 1.82) is 0 Å². The van der Waals surface area contributed by atoms with Crippen LogP contribution in [0.1, 0.15) is 110 Å². The summed E-state index contributed by atoms with van der Waals surface area (Å²) in [6, 6.07) is 4.76. The number of para-hydroxylation sites is 1. The van der Waals surface area contributed by atoms with E-state index in [0.29, 0.717) is 41.4 Å². The van der Waals surface area contributed by atoms with Gasteiger partial charge < -0.3 is 130 Å². The highest BCUT2D eigenvalue weighted by Crippen LogP contribution is 2.47. The molecule has 39 nitrogen and oxygen atoms in total. The number of nitrogens with zero attached hydrogens (tertiary/aromatic N) is 2. The molecule has 7 amide bonds. The lowest BCUT2D eigenvalue weighted by Gasteiger charge is -2.39. The van der Waals surface area contributed by atoms with Crippen molar-refractivity contribution in [2.45, 2.75) is 221 Å². The Labute approximate surface area is 642 Å². The van der Waals surface area contributed by atoms with E-state index in [9.17, 15) is 88.6 Å². The topological polar surface area (TPSA) is 600 Å². The highest BCUT2D eigenvalue weighted by Gasteiger charge is 2.70. The van der Waals surface area contributed by atoms with Crippen molar-refractivity contribution in [2.75, 3.05) is 44.8 Å². The number of guanidine groups is 1. The van der Waals surface area contributed by atoms with Crippen LogP contribution in [-0.2, 0) is 90.4 Å². The van der Waals surface area contributed by atoms with Crippen LogP contribution in [0.2, 0.25) is 12.1 Å². The quantitative estimate of drug-likeness (QED) is 0.00629. The number of carboxylic acids is 1. The van der Waals surface area contributed by atoms with Gasteiger partial charge in [0.15, 0.2) is 5.96 Å². The smallest absolute Gasteiger partial charge is 0.480 e. The molecular weight excluding hydrogens is 1490 g/mol. The number of aliphatic imine (C=N–C) groups is 1. The summed E-state index contributed by atoms with van der Waals surface area (Å²) in [6.45, 7) is 5.45. The van der Waals surface area contributed by atoms with Gasteiger partial charge in [-0.15, -0.1) is 0 Å². The van der Waals surface area contributed by atoms with Gasteiger partial charge in [-0.1, -0.05) is 44.2 Å². The summed E-state index contributed by atoms with van der Waals surface area (Å²) >= 11 is 0. The molecule has 0 spiro atoms. The van der Waals surface area contributed by atoms with Crippen molar-refractivity contribution < 1.29 is 125 Å². The normalized spacial score (nSPS) is 24.7. The molecule has 614 valence electrons. The van der Waals surface area contributed by atoms with Gasteiger partial charge in [0.2, 0.25) is 41.4 Å². The highest BCUT2D eigenvalue weighted by atomic mass is 28.4. The van der Waals surface area contributed by atoms with Gasteiger partial charge in [-0.05, 0) is 133 Å². The van der Waals surface area contributed by atoms with E-state index in [1.807, 2.05) is 13.8 Å². The molecule has 0 saturated carbocycles. The Morgan fingerprint density at radius 1 is 0.667 bits per heavy atom. The number of benzene rings is 2. The summed E-state index contributed by atoms with van der Waals surface area (Å²) in [5.41, 5.74) is 23.3. The van der Waals surface area contributed by atoms with E-state index < -0.39 is 194 Å². The number of anilines is 1. The number of aliphatic hydroxyl groups is 5. The zero-order chi connectivity index (χ0) is 80.9. The van der Waals surface area contributed by atoms with Gasteiger partial charge in [-0.3, -0.25) is 53.6 Å². The van der Waals surface area contributed by atoms with Gasteiger partial charge in [0, 0.05) is 54.4 Å². The molecule has 111 heavy (non-hydrogen) atoms. The monoisotopic (exact) mass is 1600 g/mol. The molecule has 8 rings (SSSR count). The number of rotatable bonds is 48. The largest absolute Gasteiger partial charge is 0.502 e. The summed E-state index contributed by atoms with van der Waals surface area (Å²) in [5.74, 6) is -9.04. The van der Waals surface area contributed by atoms with E-state index in [4.69, 9.17) is 53.2 Å². The van der Waals surface area contributed by atoms with Crippen molar-refractivity contribution in [1.82, 2.24) is 42.0 Å². The minimum atomic E-state index is -3.93. The number of nitrogens with two attached hydrogens (primary N) is 3. The number of fused-ring (bicyclic) bond motifs is 5. The van der Waals surface area contributed by atoms with Crippen LogP contribution in [0.15, 0.2) is 59.7 Å². The number of nitrogens with one attached hydrogen (secondary N) is 8. The number of aliphatic carboxylic acids is 1. The van der Waals surface area contributed by atoms with Crippen molar-refractivity contribution in [3.05, 3.63) is 60.3 Å². The van der Waals surface area contributed by atoms with Crippen LogP contribution in [0.5, 0.6) is 0 Å². The molecule has 1 aromatic heterocycles. The van der Waals surface area contributed by atoms with Crippen LogP contribution in [0.25, 0.3) is 10.9 Å². The van der Waals surface area contributed by atoms with Gasteiger partial charge in [-0.25, -0.2) is 10.2 Å². The van der Waals surface area contributed by atoms with Crippen LogP contribution in [0.4, 0.5) is 5.69 Å². The van der Waals surface area contributed by atoms with E-state index in [1.165, 1.54) is 43.0 Å². The first-order valence-corrected chi connectivity index (χ1v) is 41.2. The molecular formula is C69H106BN13O26Si2. The first-order valence-electron chi connectivity index (χ1n) is 37.3. The summed E-state index contributed by atoms with van der Waals surface area (Å²) < 4.78 is 47.9. The molecule has 42 heteroatoms. The van der Waals surface area contributed by atoms with E-state index in [2.05, 4.69) is 47.4 Å². The van der Waals surface area contributed by atoms with Crippen molar-refractivity contribution in [2.24, 2.45) is 39.9 Å². The fourth-order valence-electron chi connectivity index (χ4n) is 14.3. The third-order valence-electron chi connectivity index (χ3n) is 20.1. The Kier molecular flexibility index (Phi) is 33.1. The lowest BCUT2D eigenvalue weighted by atomic mass is 9.80. The summed E-state index contributed by atoms with van der Waals surface area (Å²) in [4.78, 5) is 143. The van der Waals surface area contributed by atoms with E-state index in [1.54, 1.807) is 30.5 Å². The van der Waals surface area contributed by atoms with Gasteiger partial charge in [0.1, 0.15) is 98.3 Å². The second-order valence-electron chi connectivity index (χ2n) is 28.9. The first-order chi connectivity index (χ1) is 52.9. The zero-order valence-electron chi connectivity index (χ0n) is 62.3. The Morgan fingerprint density at radius 2 is 1.22 bits per heavy atom. The number of likely N-dealkylation sites (tertiary alicyclic amines) is 1. The third-order valence-corrected chi connectivity index (χ3v) is 25.8. The van der Waals surface area contributed by atoms with Gasteiger partial charge in [0.25, 0.3) is 12.9 Å². The standard InChI is InChI=1S/C69H106BN13O26Si2/c1-37(2)29-49(63(93)78-48(68(98)99)18-9-25-74-69(72)73)80-66(96)52-19-10-26-83(52)67(97)47(17-7-8-24-71)77-64(94)50(30-42-31-75-46-16-6-5-15-45(42)46)79-65(95)51(32-84)81-82-62(92)41(34-103-36-86)14-12-28-111-105-56(39(4)88)60(109-111)58(107-111)54(90)53(89)57-59-55(38(3)87)104-110(106-57,108-59)27-11-13-40(33-102-35-85)61(91)76-44-22-20-43(21-23-44)70(100)101/h5-6,15-16,20-23,31,35-41,47-60,75,81,84,87-90,100-101H,7-14,17-19,24-30,32-34,71H2,1-4H3,(H,76,91)(H,77,94)(H,78,93)(H,79,95)(H,80,96)(H,82,92)(H,98,99)(H4,72,73,74)/t38?,39?,40?,41?,47-,48-,49-,50?,51-,52-,53?,54?,55?,56?,57?,58?,59?,60?,110?,111?/m0/s1. The average molecular weight is 1600 g/mol. The van der Waals surface area contributed by atoms with Gasteiger partial charge >= 0.3 is 30.7 Å². The summed E-state index contributed by atoms with van der Waals surface area (Å²) in [6.07, 6.45) is -9.66. The van der Waals surface area contributed by atoms with Crippen LogP contribution >= 0.6 is 0 Å².